The Hall–Kier alpha value is -1.41. The molecule has 0 N–H and O–H groups in total. The molecule has 0 spiro atoms. The predicted molar refractivity (Wildman–Crippen MR) is 86.2 cm³/mol. The molecule has 0 amide bonds. The van der Waals surface area contributed by atoms with E-state index in [1.54, 1.807) is 23.1 Å². The maximum atomic E-state index is 12.8. The van der Waals surface area contributed by atoms with Crippen LogP contribution >= 0.6 is 0 Å². The molecule has 1 saturated heterocycles. The number of aromatic nitrogens is 2. The number of methoxy groups -OCH3 is 1. The Morgan fingerprint density at radius 2 is 2.17 bits per heavy atom. The van der Waals surface area contributed by atoms with Gasteiger partial charge in [0.05, 0.1) is 25.8 Å². The van der Waals surface area contributed by atoms with Gasteiger partial charge in [0.15, 0.2) is 0 Å². The quantitative estimate of drug-likeness (QED) is 0.727. The summed E-state index contributed by atoms with van der Waals surface area (Å²) in [4.78, 5) is 11.6. The van der Waals surface area contributed by atoms with Crippen LogP contribution in [-0.2, 0) is 26.1 Å². The lowest BCUT2D eigenvalue weighted by molar-refractivity contribution is -0.142. The van der Waals surface area contributed by atoms with Crippen molar-refractivity contribution in [3.05, 3.63) is 18.5 Å². The molecule has 2 rings (SSSR count). The maximum Gasteiger partial charge on any atom is 0.307 e. The predicted octanol–water partition coefficient (Wildman–Crippen LogP) is 1.27. The van der Waals surface area contributed by atoms with E-state index >= 15 is 0 Å². The molecule has 1 atom stereocenters. The van der Waals surface area contributed by atoms with Crippen molar-refractivity contribution in [3.8, 4) is 0 Å². The van der Waals surface area contributed by atoms with Gasteiger partial charge in [0.1, 0.15) is 0 Å². The van der Waals surface area contributed by atoms with Gasteiger partial charge in [-0.3, -0.25) is 9.48 Å². The third kappa shape index (κ3) is 4.78. The second-order valence-electron chi connectivity index (χ2n) is 6.77. The van der Waals surface area contributed by atoms with Gasteiger partial charge in [0.2, 0.25) is 10.0 Å². The highest BCUT2D eigenvalue weighted by Gasteiger charge is 2.40. The van der Waals surface area contributed by atoms with Gasteiger partial charge in [0, 0.05) is 25.0 Å². The SMILES string of the molecule is COC(=O)CC1CCC(C)(C)CN1S(=O)(=O)CCn1cccn1. The van der Waals surface area contributed by atoms with Crippen molar-refractivity contribution in [2.75, 3.05) is 19.4 Å². The fourth-order valence-corrected chi connectivity index (χ4v) is 4.73. The molecule has 0 bridgehead atoms. The zero-order valence-corrected chi connectivity index (χ0v) is 14.8. The highest BCUT2D eigenvalue weighted by Crippen LogP contribution is 2.35. The fourth-order valence-electron chi connectivity index (χ4n) is 2.90. The smallest absolute Gasteiger partial charge is 0.307 e. The summed E-state index contributed by atoms with van der Waals surface area (Å²) >= 11 is 0. The van der Waals surface area contributed by atoms with Gasteiger partial charge in [-0.15, -0.1) is 0 Å². The van der Waals surface area contributed by atoms with Crippen molar-refractivity contribution in [1.29, 1.82) is 0 Å². The highest BCUT2D eigenvalue weighted by atomic mass is 32.2. The molecule has 130 valence electrons. The average Bonchev–Trinajstić information content (AvgIpc) is 3.00. The summed E-state index contributed by atoms with van der Waals surface area (Å²) in [7, 11) is -2.14. The summed E-state index contributed by atoms with van der Waals surface area (Å²) in [5.74, 6) is -0.399. The minimum Gasteiger partial charge on any atom is -0.469 e. The average molecular weight is 343 g/mol. The number of hydrogen-bond donors (Lipinski definition) is 0. The molecule has 1 aliphatic heterocycles. The van der Waals surface area contributed by atoms with Crippen molar-refractivity contribution in [1.82, 2.24) is 14.1 Å². The van der Waals surface area contributed by atoms with Crippen LogP contribution in [0.4, 0.5) is 0 Å². The molecule has 2 heterocycles. The second-order valence-corrected chi connectivity index (χ2v) is 8.81. The van der Waals surface area contributed by atoms with Crippen molar-refractivity contribution < 1.29 is 17.9 Å². The summed E-state index contributed by atoms with van der Waals surface area (Å²) in [5.41, 5.74) is -0.0919. The number of aryl methyl sites for hydroxylation is 1. The van der Waals surface area contributed by atoms with E-state index in [4.69, 9.17) is 4.74 Å². The van der Waals surface area contributed by atoms with E-state index in [1.807, 2.05) is 0 Å². The van der Waals surface area contributed by atoms with Crippen molar-refractivity contribution >= 4 is 16.0 Å². The lowest BCUT2D eigenvalue weighted by Gasteiger charge is -2.42. The molecule has 7 nitrogen and oxygen atoms in total. The Labute approximate surface area is 137 Å². The van der Waals surface area contributed by atoms with Gasteiger partial charge in [-0.2, -0.15) is 9.40 Å². The molecule has 1 aromatic heterocycles. The van der Waals surface area contributed by atoms with E-state index in [0.29, 0.717) is 19.5 Å². The van der Waals surface area contributed by atoms with Crippen LogP contribution in [0.5, 0.6) is 0 Å². The van der Waals surface area contributed by atoms with Crippen LogP contribution in [0.2, 0.25) is 0 Å². The van der Waals surface area contributed by atoms with Crippen LogP contribution in [0, 0.1) is 5.41 Å². The van der Waals surface area contributed by atoms with Crippen molar-refractivity contribution in [3.63, 3.8) is 0 Å². The first-order chi connectivity index (χ1) is 10.7. The van der Waals surface area contributed by atoms with Crippen molar-refractivity contribution in [2.24, 2.45) is 5.41 Å². The number of carbonyl (C=O) groups is 1. The van der Waals surface area contributed by atoms with Crippen LogP contribution in [0.15, 0.2) is 18.5 Å². The van der Waals surface area contributed by atoms with Gasteiger partial charge >= 0.3 is 5.97 Å². The lowest BCUT2D eigenvalue weighted by atomic mass is 9.82. The third-order valence-corrected chi connectivity index (χ3v) is 6.11. The molecule has 0 radical (unpaired) electrons. The molecule has 0 aromatic carbocycles. The van der Waals surface area contributed by atoms with Crippen LogP contribution in [0.1, 0.15) is 33.1 Å². The Morgan fingerprint density at radius 1 is 1.43 bits per heavy atom. The Kier molecular flexibility index (Phi) is 5.46. The highest BCUT2D eigenvalue weighted by molar-refractivity contribution is 7.89. The lowest BCUT2D eigenvalue weighted by Crippen LogP contribution is -2.51. The number of esters is 1. The largest absolute Gasteiger partial charge is 0.469 e. The minimum absolute atomic E-state index is 0.0254. The van der Waals surface area contributed by atoms with Gasteiger partial charge in [-0.1, -0.05) is 13.8 Å². The molecule has 1 aliphatic rings. The van der Waals surface area contributed by atoms with Gasteiger partial charge in [-0.25, -0.2) is 8.42 Å². The summed E-state index contributed by atoms with van der Waals surface area (Å²) in [5, 5.41) is 4.03. The number of hydrogen-bond acceptors (Lipinski definition) is 5. The first kappa shape index (κ1) is 17.9. The standard InChI is InChI=1S/C15H25N3O4S/c1-15(2)6-5-13(11-14(19)22-3)18(12-15)23(20,21)10-9-17-8-4-7-16-17/h4,7-8,13H,5-6,9-12H2,1-3H3. The van der Waals surface area contributed by atoms with Crippen LogP contribution in [0.3, 0.4) is 0 Å². The van der Waals surface area contributed by atoms with Crippen LogP contribution in [0.25, 0.3) is 0 Å². The van der Waals surface area contributed by atoms with Crippen LogP contribution in [-0.4, -0.2) is 53.9 Å². The summed E-state index contributed by atoms with van der Waals surface area (Å²) in [6, 6.07) is 1.44. The normalized spacial score (nSPS) is 22.0. The van der Waals surface area contributed by atoms with E-state index in [0.717, 1.165) is 6.42 Å². The number of sulfonamides is 1. The molecule has 8 heteroatoms. The molecule has 1 fully saturated rings. The number of piperidine rings is 1. The summed E-state index contributed by atoms with van der Waals surface area (Å²) in [6.45, 7) is 4.84. The summed E-state index contributed by atoms with van der Waals surface area (Å²) in [6.07, 6.45) is 5.02. The third-order valence-electron chi connectivity index (χ3n) is 4.27. The first-order valence-corrected chi connectivity index (χ1v) is 9.38. The summed E-state index contributed by atoms with van der Waals surface area (Å²) < 4.78 is 33.4. The zero-order valence-electron chi connectivity index (χ0n) is 13.9. The Morgan fingerprint density at radius 3 is 2.78 bits per heavy atom. The Bertz CT molecular complexity index is 625. The number of rotatable bonds is 6. The molecular formula is C15H25N3O4S. The van der Waals surface area contributed by atoms with Gasteiger partial charge in [-0.05, 0) is 24.3 Å². The molecule has 23 heavy (non-hydrogen) atoms. The molecule has 0 aliphatic carbocycles. The number of nitrogens with zero attached hydrogens (tertiary/aromatic N) is 3. The van der Waals surface area contributed by atoms with E-state index < -0.39 is 10.0 Å². The minimum atomic E-state index is -3.47. The van der Waals surface area contributed by atoms with E-state index in [1.165, 1.54) is 11.4 Å². The van der Waals surface area contributed by atoms with Crippen molar-refractivity contribution in [2.45, 2.75) is 45.7 Å². The topological polar surface area (TPSA) is 81.5 Å². The van der Waals surface area contributed by atoms with Gasteiger partial charge < -0.3 is 4.74 Å². The van der Waals surface area contributed by atoms with Crippen LogP contribution < -0.4 is 0 Å². The monoisotopic (exact) mass is 343 g/mol. The molecule has 1 unspecified atom stereocenters. The van der Waals surface area contributed by atoms with E-state index in [9.17, 15) is 13.2 Å². The Balaban J connectivity index is 2.13. The molecule has 0 saturated carbocycles. The number of ether oxygens (including phenoxy) is 1. The molecule has 1 aromatic rings. The molecular weight excluding hydrogens is 318 g/mol. The van der Waals surface area contributed by atoms with E-state index in [2.05, 4.69) is 18.9 Å². The fraction of sp³-hybridized carbons (Fsp3) is 0.733. The number of carbonyl (C=O) groups excluding carboxylic acids is 1. The first-order valence-electron chi connectivity index (χ1n) is 7.77. The van der Waals surface area contributed by atoms with E-state index in [-0.39, 0.29) is 29.6 Å². The zero-order chi connectivity index (χ0) is 17.1. The van der Waals surface area contributed by atoms with Gasteiger partial charge in [0.25, 0.3) is 0 Å². The maximum absolute atomic E-state index is 12.8. The second kappa shape index (κ2) is 7.00.